The second kappa shape index (κ2) is 8.82. The van der Waals surface area contributed by atoms with Crippen molar-refractivity contribution in [2.45, 2.75) is 19.8 Å². The van der Waals surface area contributed by atoms with Crippen molar-refractivity contribution < 1.29 is 27.5 Å². The topological polar surface area (TPSA) is 58.6 Å². The molecule has 1 aliphatic heterocycles. The van der Waals surface area contributed by atoms with Gasteiger partial charge < -0.3 is 10.1 Å². The minimum Gasteiger partial charge on any atom is -0.406 e. The van der Waals surface area contributed by atoms with Crippen LogP contribution in [0.5, 0.6) is 5.75 Å². The van der Waals surface area contributed by atoms with E-state index >= 15 is 0 Å². The molecule has 8 heteroatoms. The molecule has 0 saturated heterocycles. The van der Waals surface area contributed by atoms with Gasteiger partial charge in [-0.25, -0.2) is 0 Å². The summed E-state index contributed by atoms with van der Waals surface area (Å²) < 4.78 is 41.8. The first-order valence-corrected chi connectivity index (χ1v) is 10.1. The second-order valence-electron chi connectivity index (χ2n) is 7.50. The van der Waals surface area contributed by atoms with Crippen molar-refractivity contribution in [2.24, 2.45) is 0 Å². The van der Waals surface area contributed by atoms with E-state index in [0.29, 0.717) is 5.56 Å². The summed E-state index contributed by atoms with van der Waals surface area (Å²) in [4.78, 5) is 27.7. The Hall–Kier alpha value is -4.07. The molecule has 1 aliphatic rings. The van der Waals surface area contributed by atoms with Gasteiger partial charge in [0, 0.05) is 11.8 Å². The lowest BCUT2D eigenvalue weighted by atomic mass is 10.0. The van der Waals surface area contributed by atoms with Crippen molar-refractivity contribution in [2.75, 3.05) is 5.32 Å². The number of hydrogen-bond donors (Lipinski definition) is 1. The largest absolute Gasteiger partial charge is 0.573 e. The number of halogens is 3. The van der Waals surface area contributed by atoms with E-state index in [0.717, 1.165) is 28.2 Å². The average molecular weight is 452 g/mol. The Morgan fingerprint density at radius 2 is 1.58 bits per heavy atom. The first kappa shape index (κ1) is 22.1. The Bertz CT molecular complexity index is 1220. The van der Waals surface area contributed by atoms with E-state index in [2.05, 4.69) is 10.1 Å². The quantitative estimate of drug-likeness (QED) is 0.517. The molecule has 2 amide bonds. The zero-order valence-electron chi connectivity index (χ0n) is 17.5. The van der Waals surface area contributed by atoms with Crippen molar-refractivity contribution in [1.82, 2.24) is 4.90 Å². The number of nitrogens with one attached hydrogen (secondary N) is 1. The third-order valence-corrected chi connectivity index (χ3v) is 5.03. The van der Waals surface area contributed by atoms with Crippen molar-refractivity contribution in [3.05, 3.63) is 101 Å². The lowest BCUT2D eigenvalue weighted by Crippen LogP contribution is -2.32. The SMILES string of the molecule is Cc1ccc(C2=C(Nc3cccc(OC(F)(F)F)c3)C(=O)N(Cc3ccccc3)C2=O)cc1. The summed E-state index contributed by atoms with van der Waals surface area (Å²) in [5, 5.41) is 2.85. The summed E-state index contributed by atoms with van der Waals surface area (Å²) in [7, 11) is 0. The number of aryl methyl sites for hydroxylation is 1. The summed E-state index contributed by atoms with van der Waals surface area (Å²) in [6, 6.07) is 21.2. The Morgan fingerprint density at radius 1 is 0.879 bits per heavy atom. The molecule has 0 spiro atoms. The highest BCUT2D eigenvalue weighted by atomic mass is 19.4. The normalized spacial score (nSPS) is 14.1. The number of alkyl halides is 3. The zero-order valence-corrected chi connectivity index (χ0v) is 17.5. The van der Waals surface area contributed by atoms with E-state index in [1.165, 1.54) is 12.1 Å². The molecule has 0 bridgehead atoms. The van der Waals surface area contributed by atoms with Crippen LogP contribution in [0.4, 0.5) is 18.9 Å². The molecule has 33 heavy (non-hydrogen) atoms. The van der Waals surface area contributed by atoms with Crippen molar-refractivity contribution in [1.29, 1.82) is 0 Å². The van der Waals surface area contributed by atoms with Crippen LogP contribution < -0.4 is 10.1 Å². The fourth-order valence-electron chi connectivity index (χ4n) is 3.50. The van der Waals surface area contributed by atoms with Crippen LogP contribution in [-0.2, 0) is 16.1 Å². The van der Waals surface area contributed by atoms with Gasteiger partial charge in [-0.3, -0.25) is 14.5 Å². The fourth-order valence-corrected chi connectivity index (χ4v) is 3.50. The number of nitrogens with zero attached hydrogens (tertiary/aromatic N) is 1. The Kier molecular flexibility index (Phi) is 5.91. The molecule has 0 fully saturated rings. The molecule has 1 N–H and O–H groups in total. The number of imide groups is 1. The number of amides is 2. The maximum Gasteiger partial charge on any atom is 0.573 e. The third kappa shape index (κ3) is 5.06. The van der Waals surface area contributed by atoms with Crippen molar-refractivity contribution in [3.8, 4) is 5.75 Å². The predicted octanol–water partition coefficient (Wildman–Crippen LogP) is 5.29. The average Bonchev–Trinajstić information content (AvgIpc) is 2.98. The van der Waals surface area contributed by atoms with E-state index in [1.54, 1.807) is 36.4 Å². The molecule has 5 nitrogen and oxygen atoms in total. The summed E-state index contributed by atoms with van der Waals surface area (Å²) >= 11 is 0. The van der Waals surface area contributed by atoms with Gasteiger partial charge in [-0.1, -0.05) is 66.2 Å². The van der Waals surface area contributed by atoms with Gasteiger partial charge in [0.2, 0.25) is 0 Å². The Morgan fingerprint density at radius 3 is 2.24 bits per heavy atom. The maximum absolute atomic E-state index is 13.3. The highest BCUT2D eigenvalue weighted by Gasteiger charge is 2.39. The van der Waals surface area contributed by atoms with Crippen LogP contribution in [0.3, 0.4) is 0 Å². The number of benzene rings is 3. The van der Waals surface area contributed by atoms with Crippen molar-refractivity contribution in [3.63, 3.8) is 0 Å². The summed E-state index contributed by atoms with van der Waals surface area (Å²) in [6.07, 6.45) is -4.85. The number of hydrogen-bond acceptors (Lipinski definition) is 4. The van der Waals surface area contributed by atoms with E-state index in [4.69, 9.17) is 0 Å². The molecule has 0 atom stereocenters. The second-order valence-corrected chi connectivity index (χ2v) is 7.50. The van der Waals surface area contributed by atoms with Crippen LogP contribution in [0, 0.1) is 6.92 Å². The molecule has 1 heterocycles. The van der Waals surface area contributed by atoms with Gasteiger partial charge in [0.15, 0.2) is 0 Å². The highest BCUT2D eigenvalue weighted by molar-refractivity contribution is 6.36. The van der Waals surface area contributed by atoms with Crippen LogP contribution in [0.15, 0.2) is 84.6 Å². The summed E-state index contributed by atoms with van der Waals surface area (Å²) in [6.45, 7) is 1.96. The lowest BCUT2D eigenvalue weighted by molar-refractivity contribution is -0.274. The number of anilines is 1. The van der Waals surface area contributed by atoms with Gasteiger partial charge in [-0.2, -0.15) is 0 Å². The monoisotopic (exact) mass is 452 g/mol. The molecule has 0 aliphatic carbocycles. The maximum atomic E-state index is 13.3. The molecule has 0 radical (unpaired) electrons. The smallest absolute Gasteiger partial charge is 0.406 e. The fraction of sp³-hybridized carbons (Fsp3) is 0.120. The van der Waals surface area contributed by atoms with Crippen LogP contribution in [0.25, 0.3) is 5.57 Å². The standard InChI is InChI=1S/C25H19F3N2O3/c1-16-10-12-18(13-11-16)21-22(29-19-8-5-9-20(14-19)33-25(26,27)28)24(32)30(23(21)31)15-17-6-3-2-4-7-17/h2-14,29H,15H2,1H3. The van der Waals surface area contributed by atoms with Gasteiger partial charge in [0.05, 0.1) is 12.1 Å². The van der Waals surface area contributed by atoms with Crippen LogP contribution in [-0.4, -0.2) is 23.1 Å². The lowest BCUT2D eigenvalue weighted by Gasteiger charge is -2.15. The zero-order chi connectivity index (χ0) is 23.6. The van der Waals surface area contributed by atoms with Crippen LogP contribution in [0.2, 0.25) is 0 Å². The molecule has 0 aromatic heterocycles. The number of carbonyl (C=O) groups is 2. The van der Waals surface area contributed by atoms with E-state index in [9.17, 15) is 22.8 Å². The Balaban J connectivity index is 1.71. The van der Waals surface area contributed by atoms with E-state index in [1.807, 2.05) is 25.1 Å². The first-order valence-electron chi connectivity index (χ1n) is 10.1. The minimum absolute atomic E-state index is 0.0102. The van der Waals surface area contributed by atoms with E-state index in [-0.39, 0.29) is 23.5 Å². The molecule has 168 valence electrons. The van der Waals surface area contributed by atoms with Gasteiger partial charge in [-0.05, 0) is 30.2 Å². The summed E-state index contributed by atoms with van der Waals surface area (Å²) in [5.41, 5.74) is 2.59. The predicted molar refractivity (Wildman–Crippen MR) is 117 cm³/mol. The van der Waals surface area contributed by atoms with Gasteiger partial charge in [0.25, 0.3) is 11.8 Å². The van der Waals surface area contributed by atoms with Gasteiger partial charge in [-0.15, -0.1) is 13.2 Å². The van der Waals surface area contributed by atoms with Gasteiger partial charge >= 0.3 is 6.36 Å². The molecular formula is C25H19F3N2O3. The molecule has 3 aromatic rings. The summed E-state index contributed by atoms with van der Waals surface area (Å²) in [5.74, 6) is -1.50. The third-order valence-electron chi connectivity index (χ3n) is 5.03. The molecule has 0 saturated carbocycles. The number of carbonyl (C=O) groups excluding carboxylic acids is 2. The molecular weight excluding hydrogens is 433 g/mol. The highest BCUT2D eigenvalue weighted by Crippen LogP contribution is 2.33. The number of ether oxygens (including phenoxy) is 1. The van der Waals surface area contributed by atoms with Crippen LogP contribution >= 0.6 is 0 Å². The number of rotatable bonds is 6. The molecule has 4 rings (SSSR count). The first-order chi connectivity index (χ1) is 15.7. The van der Waals surface area contributed by atoms with Gasteiger partial charge in [0.1, 0.15) is 11.4 Å². The van der Waals surface area contributed by atoms with Crippen molar-refractivity contribution >= 4 is 23.1 Å². The van der Waals surface area contributed by atoms with Crippen LogP contribution in [0.1, 0.15) is 16.7 Å². The molecule has 3 aromatic carbocycles. The molecule has 0 unspecified atom stereocenters. The minimum atomic E-state index is -4.85. The van der Waals surface area contributed by atoms with E-state index < -0.39 is 23.9 Å². The Labute approximate surface area is 188 Å².